The third kappa shape index (κ3) is 2.09. The fourth-order valence-electron chi connectivity index (χ4n) is 2.67. The average molecular weight is 277 g/mol. The Bertz CT molecular complexity index is 615. The van der Waals surface area contributed by atoms with Crippen LogP contribution < -0.4 is 10.6 Å². The van der Waals surface area contributed by atoms with E-state index in [0.717, 1.165) is 11.1 Å². The van der Waals surface area contributed by atoms with E-state index in [9.17, 15) is 4.39 Å². The highest BCUT2D eigenvalue weighted by Crippen LogP contribution is 2.38. The minimum atomic E-state index is -0.222. The van der Waals surface area contributed by atoms with Crippen LogP contribution in [-0.4, -0.2) is 6.54 Å². The minimum absolute atomic E-state index is 0.0226. The Labute approximate surface area is 116 Å². The number of anilines is 1. The molecule has 1 unspecified atom stereocenters. The Morgan fingerprint density at radius 1 is 1.26 bits per heavy atom. The zero-order chi connectivity index (χ0) is 13.4. The summed E-state index contributed by atoms with van der Waals surface area (Å²) in [5.41, 5.74) is 8.71. The van der Waals surface area contributed by atoms with Gasteiger partial charge in [-0.3, -0.25) is 0 Å². The van der Waals surface area contributed by atoms with Crippen LogP contribution in [0.3, 0.4) is 0 Å². The van der Waals surface area contributed by atoms with Gasteiger partial charge in [-0.1, -0.05) is 29.8 Å². The summed E-state index contributed by atoms with van der Waals surface area (Å²) in [7, 11) is 0. The van der Waals surface area contributed by atoms with Crippen molar-refractivity contribution in [2.24, 2.45) is 5.73 Å². The third-order valence-electron chi connectivity index (χ3n) is 3.57. The first kappa shape index (κ1) is 12.5. The SMILES string of the molecule is NCC1c2cc(Cl)ccc2CN1c1ccccc1F. The molecule has 0 amide bonds. The molecule has 0 bridgehead atoms. The zero-order valence-corrected chi connectivity index (χ0v) is 11.1. The Morgan fingerprint density at radius 2 is 2.05 bits per heavy atom. The van der Waals surface area contributed by atoms with Gasteiger partial charge in [0.2, 0.25) is 0 Å². The summed E-state index contributed by atoms with van der Waals surface area (Å²) in [6.07, 6.45) is 0. The zero-order valence-electron chi connectivity index (χ0n) is 10.3. The van der Waals surface area contributed by atoms with E-state index in [2.05, 4.69) is 0 Å². The summed E-state index contributed by atoms with van der Waals surface area (Å²) >= 11 is 6.04. The first-order valence-corrected chi connectivity index (χ1v) is 6.58. The summed E-state index contributed by atoms with van der Waals surface area (Å²) in [4.78, 5) is 2.00. The standard InChI is InChI=1S/C15H14ClFN2/c16-11-6-5-10-9-19(15(8-18)12(10)7-11)14-4-2-1-3-13(14)17/h1-7,15H,8-9,18H2. The minimum Gasteiger partial charge on any atom is -0.356 e. The molecule has 0 radical (unpaired) electrons. The van der Waals surface area contributed by atoms with Gasteiger partial charge in [-0.25, -0.2) is 4.39 Å². The predicted octanol–water partition coefficient (Wildman–Crippen LogP) is 3.50. The molecule has 2 aromatic rings. The topological polar surface area (TPSA) is 29.3 Å². The quantitative estimate of drug-likeness (QED) is 0.910. The number of fused-ring (bicyclic) bond motifs is 1. The van der Waals surface area contributed by atoms with Gasteiger partial charge in [-0.15, -0.1) is 0 Å². The number of nitrogens with zero attached hydrogens (tertiary/aromatic N) is 1. The van der Waals surface area contributed by atoms with E-state index in [0.29, 0.717) is 23.8 Å². The highest BCUT2D eigenvalue weighted by molar-refractivity contribution is 6.30. The fraction of sp³-hybridized carbons (Fsp3) is 0.200. The number of benzene rings is 2. The van der Waals surface area contributed by atoms with Crippen molar-refractivity contribution in [3.8, 4) is 0 Å². The molecule has 0 aromatic heterocycles. The van der Waals surface area contributed by atoms with Gasteiger partial charge in [0, 0.05) is 18.1 Å². The Balaban J connectivity index is 2.05. The maximum atomic E-state index is 13.9. The smallest absolute Gasteiger partial charge is 0.146 e. The van der Waals surface area contributed by atoms with Crippen LogP contribution in [0.15, 0.2) is 42.5 Å². The number of rotatable bonds is 2. The van der Waals surface area contributed by atoms with Crippen LogP contribution in [0.1, 0.15) is 17.2 Å². The second-order valence-electron chi connectivity index (χ2n) is 4.67. The number of halogens is 2. The molecular formula is C15H14ClFN2. The summed E-state index contributed by atoms with van der Waals surface area (Å²) < 4.78 is 13.9. The summed E-state index contributed by atoms with van der Waals surface area (Å²) in [6.45, 7) is 1.09. The van der Waals surface area contributed by atoms with Crippen molar-refractivity contribution < 1.29 is 4.39 Å². The van der Waals surface area contributed by atoms with E-state index in [1.165, 1.54) is 6.07 Å². The maximum Gasteiger partial charge on any atom is 0.146 e. The molecule has 0 aliphatic carbocycles. The molecule has 0 spiro atoms. The van der Waals surface area contributed by atoms with E-state index < -0.39 is 0 Å². The second kappa shape index (κ2) is 4.83. The monoisotopic (exact) mass is 276 g/mol. The number of nitrogens with two attached hydrogens (primary N) is 1. The Kier molecular flexibility index (Phi) is 3.17. The number of hydrogen-bond acceptors (Lipinski definition) is 2. The molecule has 2 nitrogen and oxygen atoms in total. The second-order valence-corrected chi connectivity index (χ2v) is 5.11. The Morgan fingerprint density at radius 3 is 2.79 bits per heavy atom. The van der Waals surface area contributed by atoms with Gasteiger partial charge in [0.05, 0.1) is 11.7 Å². The van der Waals surface area contributed by atoms with Gasteiger partial charge in [0.15, 0.2) is 0 Å². The molecule has 0 saturated carbocycles. The van der Waals surface area contributed by atoms with E-state index in [1.807, 2.05) is 29.2 Å². The highest BCUT2D eigenvalue weighted by Gasteiger charge is 2.30. The molecule has 2 aromatic carbocycles. The van der Waals surface area contributed by atoms with Crippen molar-refractivity contribution >= 4 is 17.3 Å². The van der Waals surface area contributed by atoms with Crippen molar-refractivity contribution in [3.05, 3.63) is 64.4 Å². The van der Waals surface area contributed by atoms with Gasteiger partial charge in [-0.2, -0.15) is 0 Å². The van der Waals surface area contributed by atoms with E-state index in [4.69, 9.17) is 17.3 Å². The third-order valence-corrected chi connectivity index (χ3v) is 3.80. The molecule has 98 valence electrons. The predicted molar refractivity (Wildman–Crippen MR) is 75.8 cm³/mol. The molecule has 0 fully saturated rings. The van der Waals surface area contributed by atoms with E-state index >= 15 is 0 Å². The van der Waals surface area contributed by atoms with Crippen LogP contribution in [0.5, 0.6) is 0 Å². The first-order chi connectivity index (χ1) is 9.20. The van der Waals surface area contributed by atoms with Gasteiger partial charge >= 0.3 is 0 Å². The molecule has 19 heavy (non-hydrogen) atoms. The van der Waals surface area contributed by atoms with Crippen LogP contribution >= 0.6 is 11.6 Å². The molecule has 1 aliphatic rings. The lowest BCUT2D eigenvalue weighted by Crippen LogP contribution is -2.28. The Hall–Kier alpha value is -1.58. The summed E-state index contributed by atoms with van der Waals surface area (Å²) in [5, 5.41) is 0.688. The van der Waals surface area contributed by atoms with Crippen molar-refractivity contribution in [3.63, 3.8) is 0 Å². The lowest BCUT2D eigenvalue weighted by molar-refractivity contribution is 0.600. The first-order valence-electron chi connectivity index (χ1n) is 6.20. The fourth-order valence-corrected chi connectivity index (χ4v) is 2.85. The van der Waals surface area contributed by atoms with Crippen LogP contribution in [-0.2, 0) is 6.54 Å². The lowest BCUT2D eigenvalue weighted by Gasteiger charge is -2.26. The van der Waals surface area contributed by atoms with Gasteiger partial charge < -0.3 is 10.6 Å². The van der Waals surface area contributed by atoms with Crippen LogP contribution in [0.2, 0.25) is 5.02 Å². The molecule has 1 heterocycles. The normalized spacial score (nSPS) is 17.6. The molecule has 2 N–H and O–H groups in total. The van der Waals surface area contributed by atoms with Crippen LogP contribution in [0.25, 0.3) is 0 Å². The summed E-state index contributed by atoms with van der Waals surface area (Å²) in [5.74, 6) is -0.222. The van der Waals surface area contributed by atoms with Gasteiger partial charge in [-0.05, 0) is 35.4 Å². The van der Waals surface area contributed by atoms with Gasteiger partial charge in [0.1, 0.15) is 5.82 Å². The van der Waals surface area contributed by atoms with Crippen molar-refractivity contribution in [1.82, 2.24) is 0 Å². The molecule has 1 atom stereocenters. The lowest BCUT2D eigenvalue weighted by atomic mass is 10.1. The maximum absolute atomic E-state index is 13.9. The molecule has 0 saturated heterocycles. The van der Waals surface area contributed by atoms with Crippen LogP contribution in [0, 0.1) is 5.82 Å². The van der Waals surface area contributed by atoms with E-state index in [-0.39, 0.29) is 11.9 Å². The molecular weight excluding hydrogens is 263 g/mol. The number of hydrogen-bond donors (Lipinski definition) is 1. The summed E-state index contributed by atoms with van der Waals surface area (Å²) in [6, 6.07) is 12.5. The van der Waals surface area contributed by atoms with Crippen molar-refractivity contribution in [1.29, 1.82) is 0 Å². The van der Waals surface area contributed by atoms with Crippen LogP contribution in [0.4, 0.5) is 10.1 Å². The van der Waals surface area contributed by atoms with Crippen molar-refractivity contribution in [2.75, 3.05) is 11.4 Å². The molecule has 1 aliphatic heterocycles. The average Bonchev–Trinajstić information content (AvgIpc) is 2.76. The molecule has 3 rings (SSSR count). The largest absolute Gasteiger partial charge is 0.356 e. The van der Waals surface area contributed by atoms with Gasteiger partial charge in [0.25, 0.3) is 0 Å². The highest BCUT2D eigenvalue weighted by atomic mass is 35.5. The van der Waals surface area contributed by atoms with E-state index in [1.54, 1.807) is 12.1 Å². The molecule has 4 heteroatoms. The number of para-hydroxylation sites is 1. The van der Waals surface area contributed by atoms with Crippen molar-refractivity contribution in [2.45, 2.75) is 12.6 Å².